The number of aliphatic imine (C=N–C) groups is 1. The number of allylic oxidation sites excluding steroid dienone is 1. The molecule has 1 aliphatic heterocycles. The van der Waals surface area contributed by atoms with Gasteiger partial charge >= 0.3 is 6.09 Å². The van der Waals surface area contributed by atoms with Gasteiger partial charge in [0, 0.05) is 6.42 Å². The largest absolute Gasteiger partial charge is 0.444 e. The van der Waals surface area contributed by atoms with Gasteiger partial charge in [0.25, 0.3) is 0 Å². The van der Waals surface area contributed by atoms with Crippen LogP contribution >= 0.6 is 0 Å². The Morgan fingerprint density at radius 2 is 1.84 bits per heavy atom. The monoisotopic (exact) mass is 365 g/mol. The van der Waals surface area contributed by atoms with Gasteiger partial charge in [0.1, 0.15) is 11.4 Å². The standard InChI is InChI=1S/C17H23N3O4S/c1-17(2,3)24-16(21)20-15-7-5-6-14(19-15)12-8-10-13(11-9-12)25(22,23)18-4/h6,8-11,18H,5,7H2,1-4H3,(H,19,20,21). The Hall–Kier alpha value is -2.19. The molecule has 25 heavy (non-hydrogen) atoms. The molecule has 8 heteroatoms. The van der Waals surface area contributed by atoms with E-state index < -0.39 is 21.7 Å². The molecule has 0 fully saturated rings. The molecule has 0 radical (unpaired) electrons. The van der Waals surface area contributed by atoms with Crippen LogP contribution in [0.3, 0.4) is 0 Å². The van der Waals surface area contributed by atoms with Crippen LogP contribution in [0.4, 0.5) is 4.79 Å². The van der Waals surface area contributed by atoms with Crippen molar-refractivity contribution in [2.45, 2.75) is 44.1 Å². The molecule has 2 N–H and O–H groups in total. The molecular weight excluding hydrogens is 342 g/mol. The molecule has 0 aromatic heterocycles. The minimum absolute atomic E-state index is 0.186. The van der Waals surface area contributed by atoms with Gasteiger partial charge < -0.3 is 4.74 Å². The molecule has 0 saturated carbocycles. The number of hydrogen-bond donors (Lipinski definition) is 2. The van der Waals surface area contributed by atoms with E-state index in [1.165, 1.54) is 19.2 Å². The summed E-state index contributed by atoms with van der Waals surface area (Å²) in [6.07, 6.45) is 2.74. The summed E-state index contributed by atoms with van der Waals surface area (Å²) in [5, 5.41) is 2.66. The lowest BCUT2D eigenvalue weighted by atomic mass is 10.1. The van der Waals surface area contributed by atoms with Crippen LogP contribution in [0.2, 0.25) is 0 Å². The van der Waals surface area contributed by atoms with E-state index in [9.17, 15) is 13.2 Å². The average molecular weight is 365 g/mol. The summed E-state index contributed by atoms with van der Waals surface area (Å²) in [5.41, 5.74) is 0.885. The lowest BCUT2D eigenvalue weighted by Gasteiger charge is -2.21. The first-order chi connectivity index (χ1) is 11.6. The fourth-order valence-corrected chi connectivity index (χ4v) is 2.94. The summed E-state index contributed by atoms with van der Waals surface area (Å²) in [7, 11) is -2.10. The molecular formula is C17H23N3O4S. The molecule has 1 aliphatic rings. The van der Waals surface area contributed by atoms with E-state index in [0.717, 1.165) is 12.0 Å². The predicted molar refractivity (Wildman–Crippen MR) is 96.7 cm³/mol. The molecule has 2 rings (SSSR count). The van der Waals surface area contributed by atoms with Crippen molar-refractivity contribution >= 4 is 27.6 Å². The first-order valence-corrected chi connectivity index (χ1v) is 9.41. The Morgan fingerprint density at radius 3 is 2.40 bits per heavy atom. The Balaban J connectivity index is 2.13. The second-order valence-electron chi connectivity index (χ2n) is 6.55. The Bertz CT molecular complexity index is 803. The topological polar surface area (TPSA) is 96.9 Å². The second-order valence-corrected chi connectivity index (χ2v) is 8.43. The Morgan fingerprint density at radius 1 is 1.20 bits per heavy atom. The maximum absolute atomic E-state index is 11.9. The van der Waals surface area contributed by atoms with Gasteiger partial charge in [-0.05, 0) is 51.9 Å². The summed E-state index contributed by atoms with van der Waals surface area (Å²) in [4.78, 5) is 16.5. The maximum Gasteiger partial charge on any atom is 0.413 e. The van der Waals surface area contributed by atoms with E-state index in [0.29, 0.717) is 18.0 Å². The average Bonchev–Trinajstić information content (AvgIpc) is 2.53. The SMILES string of the molecule is CNS(=O)(=O)c1ccc(C2=CCCC(NC(=O)OC(C)(C)C)=N2)cc1. The smallest absolute Gasteiger partial charge is 0.413 e. The van der Waals surface area contributed by atoms with Gasteiger partial charge in [0.15, 0.2) is 0 Å². The minimum atomic E-state index is -3.47. The summed E-state index contributed by atoms with van der Waals surface area (Å²) in [6.45, 7) is 5.38. The van der Waals surface area contributed by atoms with E-state index in [1.54, 1.807) is 32.9 Å². The third-order valence-electron chi connectivity index (χ3n) is 3.35. The highest BCUT2D eigenvalue weighted by Crippen LogP contribution is 2.23. The van der Waals surface area contributed by atoms with Crippen LogP contribution in [0.5, 0.6) is 0 Å². The number of rotatable bonds is 3. The molecule has 1 amide bonds. The van der Waals surface area contributed by atoms with Gasteiger partial charge in [-0.2, -0.15) is 0 Å². The zero-order chi connectivity index (χ0) is 18.7. The van der Waals surface area contributed by atoms with E-state index in [4.69, 9.17) is 4.74 Å². The number of benzene rings is 1. The molecule has 0 unspecified atom stereocenters. The van der Waals surface area contributed by atoms with Crippen LogP contribution < -0.4 is 10.0 Å². The van der Waals surface area contributed by atoms with Gasteiger partial charge in [0.05, 0.1) is 10.6 Å². The molecule has 0 saturated heterocycles. The van der Waals surface area contributed by atoms with Crippen molar-refractivity contribution in [1.82, 2.24) is 10.0 Å². The van der Waals surface area contributed by atoms with E-state index >= 15 is 0 Å². The quantitative estimate of drug-likeness (QED) is 0.860. The number of carbonyl (C=O) groups is 1. The van der Waals surface area contributed by atoms with Crippen molar-refractivity contribution in [2.75, 3.05) is 7.05 Å². The highest BCUT2D eigenvalue weighted by molar-refractivity contribution is 7.89. The van der Waals surface area contributed by atoms with Gasteiger partial charge in [-0.1, -0.05) is 18.2 Å². The number of carbonyl (C=O) groups excluding carboxylic acids is 1. The number of nitrogens with zero attached hydrogens (tertiary/aromatic N) is 1. The van der Waals surface area contributed by atoms with Crippen molar-refractivity contribution in [3.63, 3.8) is 0 Å². The molecule has 0 spiro atoms. The van der Waals surface area contributed by atoms with Crippen LogP contribution in [-0.4, -0.2) is 33.0 Å². The first kappa shape index (κ1) is 19.1. The molecule has 136 valence electrons. The molecule has 0 aliphatic carbocycles. The molecule has 1 aromatic rings. The highest BCUT2D eigenvalue weighted by atomic mass is 32.2. The zero-order valence-corrected chi connectivity index (χ0v) is 15.6. The Kier molecular flexibility index (Phi) is 5.64. The summed E-state index contributed by atoms with van der Waals surface area (Å²) in [5.74, 6) is 0.527. The van der Waals surface area contributed by atoms with Crippen LogP contribution in [0.1, 0.15) is 39.2 Å². The number of nitrogens with one attached hydrogen (secondary N) is 2. The summed E-state index contributed by atoms with van der Waals surface area (Å²) >= 11 is 0. The van der Waals surface area contributed by atoms with Gasteiger partial charge in [0.2, 0.25) is 10.0 Å². The fraction of sp³-hybridized carbons (Fsp3) is 0.412. The molecule has 1 aromatic carbocycles. The number of alkyl carbamates (subject to hydrolysis) is 1. The number of amidine groups is 1. The van der Waals surface area contributed by atoms with Crippen LogP contribution in [0, 0.1) is 0 Å². The summed E-state index contributed by atoms with van der Waals surface area (Å²) in [6, 6.07) is 6.42. The van der Waals surface area contributed by atoms with Crippen LogP contribution in [0.15, 0.2) is 40.2 Å². The Labute approximate surface area is 148 Å². The maximum atomic E-state index is 11.9. The van der Waals surface area contributed by atoms with Crippen molar-refractivity contribution in [3.05, 3.63) is 35.9 Å². The highest BCUT2D eigenvalue weighted by Gasteiger charge is 2.19. The van der Waals surface area contributed by atoms with Gasteiger partial charge in [-0.3, -0.25) is 5.32 Å². The molecule has 1 heterocycles. The molecule has 0 bridgehead atoms. The van der Waals surface area contributed by atoms with Crippen molar-refractivity contribution in [2.24, 2.45) is 4.99 Å². The predicted octanol–water partition coefficient (Wildman–Crippen LogP) is 2.65. The van der Waals surface area contributed by atoms with Crippen LogP contribution in [-0.2, 0) is 14.8 Å². The van der Waals surface area contributed by atoms with Crippen molar-refractivity contribution < 1.29 is 17.9 Å². The second kappa shape index (κ2) is 7.37. The fourth-order valence-electron chi connectivity index (χ4n) is 2.21. The van der Waals surface area contributed by atoms with E-state index in [1.807, 2.05) is 6.08 Å². The number of sulfonamides is 1. The molecule has 7 nitrogen and oxygen atoms in total. The van der Waals surface area contributed by atoms with E-state index in [2.05, 4.69) is 15.0 Å². The lowest BCUT2D eigenvalue weighted by Crippen LogP contribution is -2.36. The van der Waals surface area contributed by atoms with Crippen LogP contribution in [0.25, 0.3) is 5.70 Å². The first-order valence-electron chi connectivity index (χ1n) is 7.92. The minimum Gasteiger partial charge on any atom is -0.444 e. The third-order valence-corrected chi connectivity index (χ3v) is 4.78. The normalized spacial score (nSPS) is 15.2. The number of hydrogen-bond acceptors (Lipinski definition) is 5. The number of amides is 1. The van der Waals surface area contributed by atoms with E-state index in [-0.39, 0.29) is 4.90 Å². The van der Waals surface area contributed by atoms with Crippen molar-refractivity contribution in [1.29, 1.82) is 0 Å². The number of ether oxygens (including phenoxy) is 1. The lowest BCUT2D eigenvalue weighted by molar-refractivity contribution is 0.0562. The van der Waals surface area contributed by atoms with Crippen molar-refractivity contribution in [3.8, 4) is 0 Å². The molecule has 0 atom stereocenters. The third kappa shape index (κ3) is 5.40. The van der Waals surface area contributed by atoms with Gasteiger partial charge in [-0.25, -0.2) is 22.9 Å². The van der Waals surface area contributed by atoms with Gasteiger partial charge in [-0.15, -0.1) is 0 Å². The zero-order valence-electron chi connectivity index (χ0n) is 14.8. The summed E-state index contributed by atoms with van der Waals surface area (Å²) < 4.78 is 31.0.